The molecule has 0 aromatic carbocycles. The van der Waals surface area contributed by atoms with Gasteiger partial charge in [0, 0.05) is 6.07 Å². The lowest BCUT2D eigenvalue weighted by Gasteiger charge is -2.03. The molecule has 0 N–H and O–H groups in total. The van der Waals surface area contributed by atoms with Crippen molar-refractivity contribution in [3.63, 3.8) is 0 Å². The van der Waals surface area contributed by atoms with E-state index in [9.17, 15) is 18.0 Å². The number of carbonyl (C=O) groups is 1. The summed E-state index contributed by atoms with van der Waals surface area (Å²) in [5, 5.41) is -1.06. The Balaban J connectivity index is 3.32. The van der Waals surface area contributed by atoms with E-state index in [4.69, 9.17) is 11.6 Å². The predicted octanol–water partition coefficient (Wildman–Crippen LogP) is 3.14. The molecule has 0 spiro atoms. The quantitative estimate of drug-likeness (QED) is 0.472. The third-order valence-corrected chi connectivity index (χ3v) is 2.34. The van der Waals surface area contributed by atoms with Gasteiger partial charge >= 0.3 is 0 Å². The molecule has 0 atom stereocenters. The number of alkyl halides is 2. The van der Waals surface area contributed by atoms with Crippen molar-refractivity contribution in [2.24, 2.45) is 0 Å². The number of hydrogen-bond acceptors (Lipinski definition) is 2. The molecule has 76 valence electrons. The molecule has 1 aromatic rings. The van der Waals surface area contributed by atoms with E-state index in [1.165, 1.54) is 22.6 Å². The zero-order valence-electron chi connectivity index (χ0n) is 6.40. The normalized spacial score (nSPS) is 10.7. The Kier molecular flexibility index (Phi) is 3.71. The van der Waals surface area contributed by atoms with Gasteiger partial charge in [0.15, 0.2) is 0 Å². The average molecular weight is 335 g/mol. The summed E-state index contributed by atoms with van der Waals surface area (Å²) in [6, 6.07) is 0.502. The van der Waals surface area contributed by atoms with Gasteiger partial charge < -0.3 is 0 Å². The topological polar surface area (TPSA) is 30.0 Å². The first-order chi connectivity index (χ1) is 6.43. The summed E-state index contributed by atoms with van der Waals surface area (Å²) in [7, 11) is 0. The zero-order valence-corrected chi connectivity index (χ0v) is 9.31. The van der Waals surface area contributed by atoms with E-state index in [0.29, 0.717) is 6.07 Å². The van der Waals surface area contributed by atoms with Crippen LogP contribution in [-0.2, 0) is 0 Å². The molecule has 0 saturated heterocycles. The molecule has 0 aliphatic carbocycles. The second-order valence-corrected chi connectivity index (χ2v) is 3.63. The second kappa shape index (κ2) is 4.43. The molecule has 7 heteroatoms. The Bertz CT molecular complexity index is 362. The number of rotatable bonds is 2. The van der Waals surface area contributed by atoms with Crippen LogP contribution in [0.25, 0.3) is 0 Å². The highest BCUT2D eigenvalue weighted by Crippen LogP contribution is 2.23. The summed E-state index contributed by atoms with van der Waals surface area (Å²) >= 11 is 6.50. The molecule has 0 unspecified atom stereocenters. The van der Waals surface area contributed by atoms with E-state index in [0.717, 1.165) is 0 Å². The van der Waals surface area contributed by atoms with E-state index < -0.39 is 28.7 Å². The van der Waals surface area contributed by atoms with Gasteiger partial charge in [0.2, 0.25) is 0 Å². The van der Waals surface area contributed by atoms with Crippen LogP contribution >= 0.6 is 34.2 Å². The van der Waals surface area contributed by atoms with E-state index >= 15 is 0 Å². The van der Waals surface area contributed by atoms with Crippen LogP contribution in [0, 0.1) is 9.52 Å². The maximum atomic E-state index is 13.0. The van der Waals surface area contributed by atoms with Gasteiger partial charge in [-0.05, 0) is 34.2 Å². The first kappa shape index (κ1) is 11.7. The summed E-state index contributed by atoms with van der Waals surface area (Å²) in [5.41, 5.74) is -1.19. The Morgan fingerprint density at radius 1 is 1.57 bits per heavy atom. The lowest BCUT2D eigenvalue weighted by Crippen LogP contribution is -2.04. The first-order valence-electron chi connectivity index (χ1n) is 3.27. The van der Waals surface area contributed by atoms with Crippen molar-refractivity contribution in [2.75, 3.05) is 0 Å². The third kappa shape index (κ3) is 2.35. The molecule has 0 amide bonds. The molecular weight excluding hydrogens is 333 g/mol. The highest BCUT2D eigenvalue weighted by atomic mass is 127. The van der Waals surface area contributed by atoms with Gasteiger partial charge in [-0.1, -0.05) is 0 Å². The number of pyridine rings is 1. The Labute approximate surface area is 95.6 Å². The number of halogens is 5. The Morgan fingerprint density at radius 3 is 2.50 bits per heavy atom. The van der Waals surface area contributed by atoms with Gasteiger partial charge in [0.25, 0.3) is 11.7 Å². The molecule has 2 nitrogen and oxygen atoms in total. The van der Waals surface area contributed by atoms with Crippen LogP contribution < -0.4 is 0 Å². The molecule has 14 heavy (non-hydrogen) atoms. The smallest absolute Gasteiger partial charge is 0.275 e. The number of carbonyl (C=O) groups excluding carboxylic acids is 1. The molecule has 1 aromatic heterocycles. The fraction of sp³-hybridized carbons (Fsp3) is 0.143. The SMILES string of the molecule is O=C(Cl)c1c(F)cc(C(F)F)nc1I. The maximum absolute atomic E-state index is 13.0. The minimum Gasteiger partial charge on any atom is -0.275 e. The predicted molar refractivity (Wildman–Crippen MR) is 52.1 cm³/mol. The zero-order chi connectivity index (χ0) is 10.9. The summed E-state index contributed by atoms with van der Waals surface area (Å²) < 4.78 is 37.1. The summed E-state index contributed by atoms with van der Waals surface area (Å²) in [6.07, 6.45) is -2.88. The van der Waals surface area contributed by atoms with Crippen molar-refractivity contribution in [2.45, 2.75) is 6.43 Å². The minimum atomic E-state index is -2.88. The lowest BCUT2D eigenvalue weighted by molar-refractivity contribution is 0.107. The van der Waals surface area contributed by atoms with Gasteiger partial charge in [-0.25, -0.2) is 18.2 Å². The Morgan fingerprint density at radius 2 is 2.14 bits per heavy atom. The van der Waals surface area contributed by atoms with Crippen LogP contribution in [0.3, 0.4) is 0 Å². The van der Waals surface area contributed by atoms with E-state index in [1.54, 1.807) is 0 Å². The molecular formula is C7H2ClF3INO. The van der Waals surface area contributed by atoms with Crippen molar-refractivity contribution in [1.29, 1.82) is 0 Å². The van der Waals surface area contributed by atoms with E-state index in [-0.39, 0.29) is 3.70 Å². The summed E-state index contributed by atoms with van der Waals surface area (Å²) in [5.74, 6) is -1.08. The Hall–Kier alpha value is -0.370. The van der Waals surface area contributed by atoms with Crippen molar-refractivity contribution in [1.82, 2.24) is 4.98 Å². The molecule has 0 bridgehead atoms. The lowest BCUT2D eigenvalue weighted by atomic mass is 10.2. The van der Waals surface area contributed by atoms with Crippen molar-refractivity contribution in [3.8, 4) is 0 Å². The van der Waals surface area contributed by atoms with Gasteiger partial charge in [-0.2, -0.15) is 0 Å². The molecule has 1 rings (SSSR count). The van der Waals surface area contributed by atoms with Crippen LogP contribution in [-0.4, -0.2) is 10.2 Å². The molecule has 0 aliphatic heterocycles. The molecule has 0 aliphatic rings. The van der Waals surface area contributed by atoms with Crippen LogP contribution in [0.15, 0.2) is 6.07 Å². The fourth-order valence-corrected chi connectivity index (χ4v) is 1.91. The van der Waals surface area contributed by atoms with Crippen LogP contribution in [0.2, 0.25) is 0 Å². The largest absolute Gasteiger partial charge is 0.280 e. The number of aromatic nitrogens is 1. The number of hydrogen-bond donors (Lipinski definition) is 0. The molecule has 1 heterocycles. The van der Waals surface area contributed by atoms with Crippen LogP contribution in [0.1, 0.15) is 22.5 Å². The van der Waals surface area contributed by atoms with Gasteiger partial charge in [0.1, 0.15) is 20.8 Å². The maximum Gasteiger partial charge on any atom is 0.280 e. The van der Waals surface area contributed by atoms with E-state index in [1.807, 2.05) is 0 Å². The molecule has 0 radical (unpaired) electrons. The second-order valence-electron chi connectivity index (χ2n) is 2.27. The average Bonchev–Trinajstić information content (AvgIpc) is 2.01. The van der Waals surface area contributed by atoms with Gasteiger partial charge in [0.05, 0.1) is 0 Å². The van der Waals surface area contributed by atoms with E-state index in [2.05, 4.69) is 4.98 Å². The first-order valence-corrected chi connectivity index (χ1v) is 4.73. The van der Waals surface area contributed by atoms with Gasteiger partial charge in [-0.15, -0.1) is 0 Å². The van der Waals surface area contributed by atoms with Crippen molar-refractivity contribution >= 4 is 39.4 Å². The fourth-order valence-electron chi connectivity index (χ4n) is 0.789. The van der Waals surface area contributed by atoms with Crippen LogP contribution in [0.4, 0.5) is 13.2 Å². The summed E-state index contributed by atoms with van der Waals surface area (Å²) in [4.78, 5) is 14.0. The molecule has 0 fully saturated rings. The van der Waals surface area contributed by atoms with Crippen molar-refractivity contribution < 1.29 is 18.0 Å². The van der Waals surface area contributed by atoms with Crippen molar-refractivity contribution in [3.05, 3.63) is 26.8 Å². The van der Waals surface area contributed by atoms with Crippen LogP contribution in [0.5, 0.6) is 0 Å². The minimum absolute atomic E-state index is 0.169. The third-order valence-electron chi connectivity index (χ3n) is 1.37. The monoisotopic (exact) mass is 335 g/mol. The number of nitrogens with zero attached hydrogens (tertiary/aromatic N) is 1. The summed E-state index contributed by atoms with van der Waals surface area (Å²) in [6.45, 7) is 0. The van der Waals surface area contributed by atoms with Gasteiger partial charge in [-0.3, -0.25) is 4.79 Å². The highest BCUT2D eigenvalue weighted by Gasteiger charge is 2.19. The molecule has 0 saturated carbocycles. The highest BCUT2D eigenvalue weighted by molar-refractivity contribution is 14.1. The standard InChI is InChI=1S/C7H2ClF3INO/c8-5(14)4-2(9)1-3(6(10)11)13-7(4)12/h1,6H.